The van der Waals surface area contributed by atoms with E-state index in [0.717, 1.165) is 18.5 Å². The third kappa shape index (κ3) is 3.18. The van der Waals surface area contributed by atoms with Crippen LogP contribution in [0.4, 0.5) is 0 Å². The van der Waals surface area contributed by atoms with Crippen LogP contribution in [0.3, 0.4) is 0 Å². The van der Waals surface area contributed by atoms with Gasteiger partial charge < -0.3 is 9.30 Å². The van der Waals surface area contributed by atoms with Gasteiger partial charge in [-0.15, -0.1) is 6.58 Å². The first kappa shape index (κ1) is 14.1. The lowest BCUT2D eigenvalue weighted by Gasteiger charge is -2.10. The summed E-state index contributed by atoms with van der Waals surface area (Å²) in [4.78, 5) is 11.7. The molecule has 0 N–H and O–H groups in total. The van der Waals surface area contributed by atoms with Gasteiger partial charge in [0.15, 0.2) is 0 Å². The molecule has 1 aromatic heterocycles. The summed E-state index contributed by atoms with van der Waals surface area (Å²) >= 11 is 0. The van der Waals surface area contributed by atoms with Gasteiger partial charge in [-0.25, -0.2) is 4.79 Å². The number of rotatable bonds is 6. The van der Waals surface area contributed by atoms with E-state index in [4.69, 9.17) is 4.74 Å². The summed E-state index contributed by atoms with van der Waals surface area (Å²) in [6.45, 7) is 4.36. The molecule has 104 valence electrons. The number of esters is 1. The predicted molar refractivity (Wildman–Crippen MR) is 79.8 cm³/mol. The van der Waals surface area contributed by atoms with Gasteiger partial charge in [-0.1, -0.05) is 36.4 Å². The lowest BCUT2D eigenvalue weighted by molar-refractivity contribution is 0.0588. The van der Waals surface area contributed by atoms with Crippen molar-refractivity contribution < 1.29 is 9.53 Å². The van der Waals surface area contributed by atoms with Gasteiger partial charge in [-0.2, -0.15) is 0 Å². The summed E-state index contributed by atoms with van der Waals surface area (Å²) in [5.41, 5.74) is 2.99. The molecule has 0 spiro atoms. The topological polar surface area (TPSA) is 31.2 Å². The van der Waals surface area contributed by atoms with Crippen molar-refractivity contribution in [3.05, 3.63) is 72.1 Å². The molecule has 0 fully saturated rings. The average Bonchev–Trinajstić information content (AvgIpc) is 2.89. The van der Waals surface area contributed by atoms with Gasteiger partial charge in [0, 0.05) is 12.2 Å². The molecular weight excluding hydrogens is 250 g/mol. The Hall–Kier alpha value is -2.29. The Morgan fingerprint density at radius 3 is 2.60 bits per heavy atom. The summed E-state index contributed by atoms with van der Waals surface area (Å²) in [5.74, 6) is -0.308. The zero-order chi connectivity index (χ0) is 14.4. The van der Waals surface area contributed by atoms with Crippen molar-refractivity contribution in [1.29, 1.82) is 0 Å². The molecule has 0 bridgehead atoms. The third-order valence-electron chi connectivity index (χ3n) is 3.29. The van der Waals surface area contributed by atoms with Crippen LogP contribution in [0.25, 0.3) is 0 Å². The van der Waals surface area contributed by atoms with Crippen LogP contribution in [0, 0.1) is 0 Å². The van der Waals surface area contributed by atoms with Crippen LogP contribution in [0.2, 0.25) is 0 Å². The Morgan fingerprint density at radius 1 is 1.20 bits per heavy atom. The summed E-state index contributed by atoms with van der Waals surface area (Å²) < 4.78 is 6.77. The van der Waals surface area contributed by atoms with Gasteiger partial charge in [0.1, 0.15) is 5.69 Å². The van der Waals surface area contributed by atoms with Crippen LogP contribution in [-0.4, -0.2) is 17.6 Å². The van der Waals surface area contributed by atoms with E-state index in [1.165, 1.54) is 12.7 Å². The molecule has 2 aromatic rings. The zero-order valence-corrected chi connectivity index (χ0v) is 11.7. The van der Waals surface area contributed by atoms with E-state index in [1.54, 1.807) is 6.08 Å². The molecule has 1 aromatic carbocycles. The van der Waals surface area contributed by atoms with E-state index in [0.29, 0.717) is 12.2 Å². The first-order chi connectivity index (χ1) is 9.76. The Bertz CT molecular complexity index is 584. The number of hydrogen-bond donors (Lipinski definition) is 0. The molecule has 3 heteroatoms. The minimum atomic E-state index is -0.308. The lowest BCUT2D eigenvalue weighted by atomic mass is 10.1. The Balaban J connectivity index is 2.17. The lowest BCUT2D eigenvalue weighted by Crippen LogP contribution is -2.12. The van der Waals surface area contributed by atoms with E-state index in [2.05, 4.69) is 18.7 Å². The van der Waals surface area contributed by atoms with Crippen molar-refractivity contribution in [2.24, 2.45) is 0 Å². The van der Waals surface area contributed by atoms with Gasteiger partial charge in [0.2, 0.25) is 0 Å². The molecule has 0 saturated carbocycles. The highest BCUT2D eigenvalue weighted by Gasteiger charge is 2.14. The number of aromatic nitrogens is 1. The maximum atomic E-state index is 11.7. The fraction of sp³-hybridized carbons (Fsp3) is 0.235. The highest BCUT2D eigenvalue weighted by Crippen LogP contribution is 2.14. The van der Waals surface area contributed by atoms with E-state index < -0.39 is 0 Å². The largest absolute Gasteiger partial charge is 0.464 e. The van der Waals surface area contributed by atoms with Gasteiger partial charge in [-0.05, 0) is 30.5 Å². The smallest absolute Gasteiger partial charge is 0.354 e. The third-order valence-corrected chi connectivity index (χ3v) is 3.29. The normalized spacial score (nSPS) is 10.2. The number of ether oxygens (including phenoxy) is 1. The number of carbonyl (C=O) groups is 1. The summed E-state index contributed by atoms with van der Waals surface area (Å²) in [6.07, 6.45) is 3.62. The summed E-state index contributed by atoms with van der Waals surface area (Å²) in [6, 6.07) is 14.1. The predicted octanol–water partition coefficient (Wildman–Crippen LogP) is 3.25. The number of carbonyl (C=O) groups excluding carboxylic acids is 1. The fourth-order valence-electron chi connectivity index (χ4n) is 2.27. The molecule has 0 saturated heterocycles. The van der Waals surface area contributed by atoms with Gasteiger partial charge in [0.05, 0.1) is 7.11 Å². The number of aryl methyl sites for hydroxylation is 2. The van der Waals surface area contributed by atoms with Crippen LogP contribution < -0.4 is 0 Å². The monoisotopic (exact) mass is 269 g/mol. The molecule has 0 atom stereocenters. The highest BCUT2D eigenvalue weighted by molar-refractivity contribution is 5.87. The molecule has 0 aliphatic rings. The van der Waals surface area contributed by atoms with Crippen molar-refractivity contribution in [3.8, 4) is 0 Å². The Kier molecular flexibility index (Phi) is 4.77. The highest BCUT2D eigenvalue weighted by atomic mass is 16.5. The van der Waals surface area contributed by atoms with E-state index >= 15 is 0 Å². The first-order valence-electron chi connectivity index (χ1n) is 6.67. The Labute approximate surface area is 119 Å². The second-order valence-electron chi connectivity index (χ2n) is 4.59. The molecule has 0 aliphatic carbocycles. The number of benzene rings is 1. The maximum absolute atomic E-state index is 11.7. The van der Waals surface area contributed by atoms with Crippen molar-refractivity contribution in [2.45, 2.75) is 19.4 Å². The van der Waals surface area contributed by atoms with Crippen LogP contribution in [0.1, 0.15) is 21.7 Å². The molecule has 0 unspecified atom stereocenters. The van der Waals surface area contributed by atoms with Crippen LogP contribution in [-0.2, 0) is 24.1 Å². The minimum Gasteiger partial charge on any atom is -0.464 e. The van der Waals surface area contributed by atoms with Gasteiger partial charge >= 0.3 is 5.97 Å². The number of nitrogens with zero attached hydrogens (tertiary/aromatic N) is 1. The van der Waals surface area contributed by atoms with Gasteiger partial charge in [-0.3, -0.25) is 0 Å². The van der Waals surface area contributed by atoms with E-state index in [1.807, 2.05) is 34.9 Å². The zero-order valence-electron chi connectivity index (χ0n) is 11.7. The van der Waals surface area contributed by atoms with Crippen molar-refractivity contribution in [3.63, 3.8) is 0 Å². The molecule has 3 nitrogen and oxygen atoms in total. The fourth-order valence-corrected chi connectivity index (χ4v) is 2.27. The minimum absolute atomic E-state index is 0.308. The molecule has 0 radical (unpaired) electrons. The summed E-state index contributed by atoms with van der Waals surface area (Å²) in [5, 5.41) is 0. The van der Waals surface area contributed by atoms with E-state index in [-0.39, 0.29) is 5.97 Å². The van der Waals surface area contributed by atoms with Crippen molar-refractivity contribution in [2.75, 3.05) is 7.11 Å². The molecule has 0 aliphatic heterocycles. The van der Waals surface area contributed by atoms with Crippen LogP contribution >= 0.6 is 0 Å². The van der Waals surface area contributed by atoms with E-state index in [9.17, 15) is 4.79 Å². The second-order valence-corrected chi connectivity index (χ2v) is 4.59. The molecular formula is C17H19NO2. The van der Waals surface area contributed by atoms with Crippen LogP contribution in [0.15, 0.2) is 55.1 Å². The van der Waals surface area contributed by atoms with Crippen molar-refractivity contribution in [1.82, 2.24) is 4.57 Å². The standard InChI is InChI=1S/C17H19NO2/c1-3-13-18-15(11-12-16(18)17(19)20-2)10-9-14-7-5-4-6-8-14/h3-8,11-12H,1,9-10,13H2,2H3. The Morgan fingerprint density at radius 2 is 1.95 bits per heavy atom. The maximum Gasteiger partial charge on any atom is 0.354 e. The first-order valence-corrected chi connectivity index (χ1v) is 6.67. The summed E-state index contributed by atoms with van der Waals surface area (Å²) in [7, 11) is 1.40. The molecule has 1 heterocycles. The van der Waals surface area contributed by atoms with Crippen molar-refractivity contribution >= 4 is 5.97 Å². The van der Waals surface area contributed by atoms with Gasteiger partial charge in [0.25, 0.3) is 0 Å². The molecule has 20 heavy (non-hydrogen) atoms. The molecule has 2 rings (SSSR count). The SMILES string of the molecule is C=CCn1c(CCc2ccccc2)ccc1C(=O)OC. The van der Waals surface area contributed by atoms with Crippen LogP contribution in [0.5, 0.6) is 0 Å². The number of hydrogen-bond acceptors (Lipinski definition) is 2. The second kappa shape index (κ2) is 6.75. The quantitative estimate of drug-likeness (QED) is 0.595. The number of allylic oxidation sites excluding steroid dienone is 1. The average molecular weight is 269 g/mol. The molecule has 0 amide bonds. The number of methoxy groups -OCH3 is 1.